The van der Waals surface area contributed by atoms with Crippen LogP contribution in [-0.4, -0.2) is 28.4 Å². The zero-order chi connectivity index (χ0) is 17.0. The fraction of sp³-hybridized carbons (Fsp3) is 0.375. The summed E-state index contributed by atoms with van der Waals surface area (Å²) >= 11 is 0. The summed E-state index contributed by atoms with van der Waals surface area (Å²) in [5.74, 6) is 1.02. The molecule has 0 radical (unpaired) electrons. The van der Waals surface area contributed by atoms with Crippen molar-refractivity contribution in [1.82, 2.24) is 10.3 Å². The van der Waals surface area contributed by atoms with Crippen LogP contribution in [0.4, 0.5) is 4.79 Å². The predicted molar refractivity (Wildman–Crippen MR) is 82.3 cm³/mol. The van der Waals surface area contributed by atoms with E-state index in [4.69, 9.17) is 14.3 Å². The smallest absolute Gasteiger partial charge is 0.405 e. The zero-order valence-electron chi connectivity index (χ0n) is 13.2. The van der Waals surface area contributed by atoms with Crippen molar-refractivity contribution in [3.63, 3.8) is 0 Å². The lowest BCUT2D eigenvalue weighted by atomic mass is 9.97. The van der Waals surface area contributed by atoms with Gasteiger partial charge in [-0.1, -0.05) is 12.1 Å². The number of aliphatic hydroxyl groups is 1. The third-order valence-electron chi connectivity index (χ3n) is 3.39. The highest BCUT2D eigenvalue weighted by molar-refractivity contribution is 5.65. The van der Waals surface area contributed by atoms with Gasteiger partial charge in [0.15, 0.2) is 12.2 Å². The molecule has 7 heteroatoms. The van der Waals surface area contributed by atoms with E-state index in [1.807, 2.05) is 12.1 Å². The van der Waals surface area contributed by atoms with Crippen molar-refractivity contribution in [3.05, 3.63) is 47.7 Å². The molecular weight excluding hydrogens is 300 g/mol. The van der Waals surface area contributed by atoms with Gasteiger partial charge in [0.05, 0.1) is 13.2 Å². The van der Waals surface area contributed by atoms with Crippen molar-refractivity contribution >= 4 is 6.09 Å². The molecule has 1 amide bonds. The first-order valence-corrected chi connectivity index (χ1v) is 7.10. The van der Waals surface area contributed by atoms with Crippen LogP contribution in [0.1, 0.15) is 36.9 Å². The number of hydrogen-bond acceptors (Lipinski definition) is 5. The molecule has 1 heterocycles. The van der Waals surface area contributed by atoms with Gasteiger partial charge < -0.3 is 24.7 Å². The summed E-state index contributed by atoms with van der Waals surface area (Å²) < 4.78 is 10.5. The standard InChI is InChI=1S/C16H20N2O5/c1-16(2,21)14-13(23-9-17-14)12(18-15(19)20)8-10-4-6-11(22-3)7-5-10/h4-7,9,12,18,21H,8H2,1-3H3,(H,19,20). The van der Waals surface area contributed by atoms with E-state index in [0.717, 1.165) is 5.56 Å². The normalized spacial score (nSPS) is 12.7. The van der Waals surface area contributed by atoms with Crippen LogP contribution in [0.2, 0.25) is 0 Å². The van der Waals surface area contributed by atoms with Crippen LogP contribution < -0.4 is 10.1 Å². The Morgan fingerprint density at radius 2 is 2.04 bits per heavy atom. The van der Waals surface area contributed by atoms with E-state index in [1.165, 1.54) is 6.39 Å². The second-order valence-electron chi connectivity index (χ2n) is 5.68. The Bertz CT molecular complexity index is 658. The number of rotatable bonds is 6. The molecular formula is C16H20N2O5. The van der Waals surface area contributed by atoms with E-state index in [-0.39, 0.29) is 0 Å². The van der Waals surface area contributed by atoms with Crippen LogP contribution in [0.25, 0.3) is 0 Å². The molecule has 1 aromatic heterocycles. The molecule has 1 unspecified atom stereocenters. The summed E-state index contributed by atoms with van der Waals surface area (Å²) in [5.41, 5.74) is -0.0341. The van der Waals surface area contributed by atoms with E-state index in [0.29, 0.717) is 23.6 Å². The van der Waals surface area contributed by atoms with Crippen molar-refractivity contribution in [2.45, 2.75) is 31.9 Å². The number of carboxylic acid groups (broad SMARTS) is 1. The van der Waals surface area contributed by atoms with Gasteiger partial charge in [-0.15, -0.1) is 0 Å². The minimum Gasteiger partial charge on any atom is -0.497 e. The van der Waals surface area contributed by atoms with Crippen molar-refractivity contribution in [3.8, 4) is 5.75 Å². The minimum atomic E-state index is -1.24. The van der Waals surface area contributed by atoms with E-state index < -0.39 is 17.7 Å². The van der Waals surface area contributed by atoms with Gasteiger partial charge in [-0.05, 0) is 31.5 Å². The van der Waals surface area contributed by atoms with Gasteiger partial charge in [0, 0.05) is 6.42 Å². The lowest BCUT2D eigenvalue weighted by molar-refractivity contribution is 0.0713. The molecule has 0 bridgehead atoms. The summed E-state index contributed by atoms with van der Waals surface area (Å²) in [7, 11) is 1.58. The Balaban J connectivity index is 2.30. The largest absolute Gasteiger partial charge is 0.497 e. The molecule has 0 aliphatic rings. The third kappa shape index (κ3) is 4.23. The Kier molecular flexibility index (Phi) is 4.90. The van der Waals surface area contributed by atoms with Crippen molar-refractivity contribution in [2.75, 3.05) is 7.11 Å². The van der Waals surface area contributed by atoms with Gasteiger partial charge in [0.1, 0.15) is 17.0 Å². The van der Waals surface area contributed by atoms with E-state index in [9.17, 15) is 9.90 Å². The molecule has 2 aromatic rings. The molecule has 0 aliphatic carbocycles. The topological polar surface area (TPSA) is 105 Å². The molecule has 23 heavy (non-hydrogen) atoms. The summed E-state index contributed by atoms with van der Waals surface area (Å²) in [5, 5.41) is 21.7. The highest BCUT2D eigenvalue weighted by Crippen LogP contribution is 2.29. The maximum absolute atomic E-state index is 11.1. The number of nitrogens with zero attached hydrogens (tertiary/aromatic N) is 1. The molecule has 0 aliphatic heterocycles. The minimum absolute atomic E-state index is 0.302. The van der Waals surface area contributed by atoms with Gasteiger partial charge in [-0.25, -0.2) is 9.78 Å². The van der Waals surface area contributed by atoms with Gasteiger partial charge in [-0.2, -0.15) is 0 Å². The second-order valence-corrected chi connectivity index (χ2v) is 5.68. The second kappa shape index (κ2) is 6.70. The average molecular weight is 320 g/mol. The number of carbonyl (C=O) groups is 1. The number of nitrogens with one attached hydrogen (secondary N) is 1. The SMILES string of the molecule is COc1ccc(CC(NC(=O)O)c2ocnc2C(C)(C)O)cc1. The van der Waals surface area contributed by atoms with Crippen LogP contribution >= 0.6 is 0 Å². The first kappa shape index (κ1) is 16.8. The van der Waals surface area contributed by atoms with Crippen LogP contribution in [0, 0.1) is 0 Å². The van der Waals surface area contributed by atoms with Crippen molar-refractivity contribution < 1.29 is 24.2 Å². The van der Waals surface area contributed by atoms with E-state index >= 15 is 0 Å². The fourth-order valence-corrected chi connectivity index (χ4v) is 2.32. The quantitative estimate of drug-likeness (QED) is 0.755. The maximum Gasteiger partial charge on any atom is 0.405 e. The molecule has 2 rings (SSSR count). The highest BCUT2D eigenvalue weighted by atomic mass is 16.5. The number of hydrogen-bond donors (Lipinski definition) is 3. The molecule has 1 aromatic carbocycles. The number of benzene rings is 1. The van der Waals surface area contributed by atoms with Crippen molar-refractivity contribution in [1.29, 1.82) is 0 Å². The maximum atomic E-state index is 11.1. The number of aromatic nitrogens is 1. The number of amides is 1. The van der Waals surface area contributed by atoms with Gasteiger partial charge in [0.2, 0.25) is 0 Å². The van der Waals surface area contributed by atoms with Crippen LogP contribution in [0.5, 0.6) is 5.75 Å². The van der Waals surface area contributed by atoms with E-state index in [2.05, 4.69) is 10.3 Å². The molecule has 0 saturated heterocycles. The predicted octanol–water partition coefficient (Wildman–Crippen LogP) is 2.46. The molecule has 1 atom stereocenters. The summed E-state index contributed by atoms with van der Waals surface area (Å²) in [6.07, 6.45) is 0.378. The van der Waals surface area contributed by atoms with Gasteiger partial charge >= 0.3 is 6.09 Å². The number of oxazole rings is 1. The Morgan fingerprint density at radius 3 is 2.57 bits per heavy atom. The first-order valence-electron chi connectivity index (χ1n) is 7.10. The summed E-state index contributed by atoms with van der Waals surface area (Å²) in [6.45, 7) is 3.14. The lowest BCUT2D eigenvalue weighted by Gasteiger charge is -2.21. The molecule has 0 spiro atoms. The van der Waals surface area contributed by atoms with Crippen LogP contribution in [0.15, 0.2) is 35.1 Å². The Labute approximate surface area is 133 Å². The van der Waals surface area contributed by atoms with Gasteiger partial charge in [-0.3, -0.25) is 0 Å². The summed E-state index contributed by atoms with van der Waals surface area (Å²) in [4.78, 5) is 15.1. The molecule has 3 N–H and O–H groups in total. The average Bonchev–Trinajstić information content (AvgIpc) is 2.96. The van der Waals surface area contributed by atoms with Crippen LogP contribution in [0.3, 0.4) is 0 Å². The first-order chi connectivity index (χ1) is 10.8. The highest BCUT2D eigenvalue weighted by Gasteiger charge is 2.30. The third-order valence-corrected chi connectivity index (χ3v) is 3.39. The van der Waals surface area contributed by atoms with Crippen molar-refractivity contribution in [2.24, 2.45) is 0 Å². The van der Waals surface area contributed by atoms with E-state index in [1.54, 1.807) is 33.1 Å². The zero-order valence-corrected chi connectivity index (χ0v) is 13.2. The Morgan fingerprint density at radius 1 is 1.39 bits per heavy atom. The lowest BCUT2D eigenvalue weighted by Crippen LogP contribution is -2.30. The number of ether oxygens (including phenoxy) is 1. The molecule has 0 saturated carbocycles. The summed E-state index contributed by atoms with van der Waals surface area (Å²) in [6, 6.07) is 6.62. The Hall–Kier alpha value is -2.54. The molecule has 0 fully saturated rings. The molecule has 124 valence electrons. The monoisotopic (exact) mass is 320 g/mol. The van der Waals surface area contributed by atoms with Gasteiger partial charge in [0.25, 0.3) is 0 Å². The van der Waals surface area contributed by atoms with Crippen LogP contribution in [-0.2, 0) is 12.0 Å². The fourth-order valence-electron chi connectivity index (χ4n) is 2.32. The number of methoxy groups -OCH3 is 1. The molecule has 7 nitrogen and oxygen atoms in total.